The SMILES string of the molecule is CC.CC(C)(C)OC(=O)N1CC(C)(C(=O)O)C1.CC(C)COC(=O)Cl.CC1(CC#N)CN(C(=O)OC(C)(C)C)C1.CC1(CCN)CN(C(=O)OC(C)(C)C)C1.CC1(CCNS(=O)(=O)NC(=O)OC(C)(C)C)CN(C(=O)OC(C)(C)C)C1.CC1(CO)CN(C(=O)OC(C)(C)C)C1.CC1(COS(C)(=O)=O)CN(C(=O)OC(C)(C)C)C1.CN(C)c1cc[n+](S(=O)(=O)N=C([O-])OC(C)(C)C)cc1.CS(=O)(=O)Cl.[C-]#N.[Na+]. The minimum absolute atomic E-state index is 0. The minimum atomic E-state index is -4.13. The van der Waals surface area contributed by atoms with Crippen LogP contribution in [0.25, 0.3) is 0 Å². The molecule has 1 aromatic heterocycles. The van der Waals surface area contributed by atoms with E-state index in [0.717, 1.165) is 41.7 Å². The first-order valence-electron chi connectivity index (χ1n) is 44.9. The topological polar surface area (TPSA) is 583 Å². The van der Waals surface area contributed by atoms with Crippen molar-refractivity contribution < 1.29 is 172 Å². The standard InChI is InChI=1S/C16H31N3O6S.C12H19N3O4S.C11H22N2O2.C11H18N2O2.C11H21NO5S.C10H17NO4.C10H19NO3.C5H9ClO2.C2H6.CH3ClO2S.CN.Na/c1-14(2,3)24-12(20)18-26(22,23)17-9-8-16(7)10-19(11-16)13(21)25-15(4,5)6;1-12(2,3)19-11(16)13-20(17,18)15-8-6-10(7-9-15)14(4)5;2*1-10(2,3)15-9(14)13-7-11(4,8-13)5-6-12;1-10(2,3)17-9(13)12-6-11(4,7-12)8-16-18(5,14)15;1-9(2,3)15-8(14)11-5-10(4,6-11)7(12)13;1-9(2,3)14-8(13)11-5-10(4,6-11)7-12;1-4(2)3-8-5(6)7;1-2;1-5(2,3)4;1-2;/h17H,8-11H2,1-7H3,(H,18,20);6-9H,1-5H3;5-8,12H2,1-4H3;5,7-8H2,1-4H3;6-8H2,1-5H3;5-6H2,1-4H3,(H,12,13);12H,5-7H2,1-4H3;4H,3H2,1-2H3;1-2H3;1H3;;/q;;;;;;;;;;-1;+1. The van der Waals surface area contributed by atoms with Crippen molar-refractivity contribution in [3.63, 3.8) is 0 Å². The maximum Gasteiger partial charge on any atom is 1.00 e. The maximum atomic E-state index is 11.9. The number of carbonyl (C=O) groups excluding carboxylic acids is 8. The molecule has 0 aliphatic carbocycles. The fraction of sp³-hybridized carbons (Fsp3) is 0.811. The fourth-order valence-electron chi connectivity index (χ4n) is 11.9. The van der Waals surface area contributed by atoms with Crippen LogP contribution in [0.1, 0.15) is 255 Å². The molecule has 0 spiro atoms. The second kappa shape index (κ2) is 58.0. The van der Waals surface area contributed by atoms with Gasteiger partial charge in [-0.2, -0.15) is 26.8 Å². The molecule has 0 bridgehead atoms. The summed E-state index contributed by atoms with van der Waals surface area (Å²) >= 11 is 4.86. The number of carboxylic acid groups (broad SMARTS) is 1. The van der Waals surface area contributed by atoms with E-state index in [0.29, 0.717) is 84.3 Å². The van der Waals surface area contributed by atoms with E-state index in [2.05, 4.69) is 37.5 Å². The molecule has 814 valence electrons. The molecular weight excluding hydrogens is 1980 g/mol. The summed E-state index contributed by atoms with van der Waals surface area (Å²) in [7, 11) is -6.58. The maximum absolute atomic E-state index is 11.9. The number of aromatic nitrogens is 1. The van der Waals surface area contributed by atoms with Crippen LogP contribution in [-0.4, -0.2) is 316 Å². The molecule has 44 nitrogen and oxygen atoms in total. The Hall–Kier alpha value is -7.75. The Labute approximate surface area is 871 Å². The molecule has 7 rings (SSSR count). The first-order valence-corrected chi connectivity index (χ1v) is 52.7. The average molecular weight is 2150 g/mol. The summed E-state index contributed by atoms with van der Waals surface area (Å²) in [6, 6.07) is 5.34. The number of aliphatic carboxylic acids is 1. The molecule has 6 aliphatic heterocycles. The van der Waals surface area contributed by atoms with E-state index in [-0.39, 0.29) is 120 Å². The van der Waals surface area contributed by atoms with Gasteiger partial charge in [-0.15, -0.1) is 8.42 Å². The first-order chi connectivity index (χ1) is 62.5. The van der Waals surface area contributed by atoms with Crippen molar-refractivity contribution in [3.05, 3.63) is 31.1 Å². The number of nitriles is 1. The molecule has 0 radical (unpaired) electrons. The van der Waals surface area contributed by atoms with Crippen LogP contribution in [0.4, 0.5) is 44.0 Å². The molecular formula is C90H165Cl2N14NaO30S4. The Balaban J connectivity index is -0.000000499. The number of hydrogen-bond donors (Lipinski definition) is 5. The van der Waals surface area contributed by atoms with Crippen LogP contribution in [0, 0.1) is 61.6 Å². The van der Waals surface area contributed by atoms with E-state index in [1.165, 1.54) is 22.2 Å². The molecule has 7 amide bonds. The predicted octanol–water partition coefficient (Wildman–Crippen LogP) is 9.52. The number of anilines is 1. The van der Waals surface area contributed by atoms with Gasteiger partial charge < -0.3 is 110 Å². The molecule has 6 fully saturated rings. The van der Waals surface area contributed by atoms with Crippen molar-refractivity contribution in [3.8, 4) is 6.07 Å². The normalized spacial score (nSPS) is 16.7. The van der Waals surface area contributed by atoms with Gasteiger partial charge in [0.2, 0.25) is 9.05 Å². The summed E-state index contributed by atoms with van der Waals surface area (Å²) in [5.41, 5.74) is -0.163. The van der Waals surface area contributed by atoms with Gasteiger partial charge in [-0.1, -0.05) is 91.5 Å². The zero-order chi connectivity index (χ0) is 111. The van der Waals surface area contributed by atoms with Crippen molar-refractivity contribution >= 4 is 128 Å². The van der Waals surface area contributed by atoms with E-state index >= 15 is 0 Å². The molecule has 0 aromatic carbocycles. The number of nitrogens with two attached hydrogens (primary N) is 1. The third kappa shape index (κ3) is 66.8. The van der Waals surface area contributed by atoms with Crippen LogP contribution < -0.4 is 58.7 Å². The Morgan fingerprint density at radius 1 is 0.532 bits per heavy atom. The van der Waals surface area contributed by atoms with Crippen LogP contribution in [-0.2, 0) is 91.2 Å². The van der Waals surface area contributed by atoms with Gasteiger partial charge in [0, 0.05) is 178 Å². The van der Waals surface area contributed by atoms with Crippen molar-refractivity contribution in [1.29, 1.82) is 10.5 Å². The minimum Gasteiger partial charge on any atom is -0.594 e. The van der Waals surface area contributed by atoms with E-state index < -0.39 is 119 Å². The van der Waals surface area contributed by atoms with Gasteiger partial charge >= 0.3 is 104 Å². The summed E-state index contributed by atoms with van der Waals surface area (Å²) in [5.74, 6) is -0.514. The number of halogens is 2. The van der Waals surface area contributed by atoms with Gasteiger partial charge in [0.25, 0.3) is 10.1 Å². The average Bonchev–Trinajstić information content (AvgIpc) is 0.821. The molecule has 51 heteroatoms. The molecule has 1 aromatic rings. The number of nitrogens with one attached hydrogen (secondary N) is 2. The predicted molar refractivity (Wildman–Crippen MR) is 528 cm³/mol. The van der Waals surface area contributed by atoms with E-state index in [1.54, 1.807) is 147 Å². The number of hydrogen-bond acceptors (Lipinski definition) is 33. The quantitative estimate of drug-likeness (QED) is 0.0133. The summed E-state index contributed by atoms with van der Waals surface area (Å²) in [6.45, 7) is 74.5. The van der Waals surface area contributed by atoms with E-state index in [4.69, 9.17) is 86.7 Å². The second-order valence-electron chi connectivity index (χ2n) is 44.6. The first kappa shape index (κ1) is 142. The molecule has 6 N–H and O–H groups in total. The molecule has 7 heterocycles. The number of rotatable bonds is 18. The molecule has 6 saturated heterocycles. The Kier molecular flexibility index (Phi) is 58.2. The molecule has 6 aliphatic rings. The number of likely N-dealkylation sites (tertiary alicyclic amines) is 6. The number of carbonyl (C=O) groups is 9. The van der Waals surface area contributed by atoms with Crippen LogP contribution in [0.3, 0.4) is 0 Å². The van der Waals surface area contributed by atoms with Gasteiger partial charge in [0.05, 0.1) is 38.4 Å². The fourth-order valence-corrected chi connectivity index (χ4v) is 13.9. The van der Waals surface area contributed by atoms with Crippen LogP contribution in [0.2, 0.25) is 0 Å². The molecule has 0 saturated carbocycles. The third-order valence-corrected chi connectivity index (χ3v) is 20.6. The van der Waals surface area contributed by atoms with Crippen molar-refractivity contribution in [2.24, 2.45) is 48.5 Å². The van der Waals surface area contributed by atoms with Crippen molar-refractivity contribution in [1.82, 2.24) is 38.8 Å². The van der Waals surface area contributed by atoms with E-state index in [9.17, 15) is 81.9 Å². The molecule has 141 heavy (non-hydrogen) atoms. The zero-order valence-corrected chi connectivity index (χ0v) is 97.5. The largest absolute Gasteiger partial charge is 1.00 e. The van der Waals surface area contributed by atoms with Gasteiger partial charge in [-0.25, -0.2) is 51.5 Å². The summed E-state index contributed by atoms with van der Waals surface area (Å²) in [6.07, 6.45) is 2.41. The van der Waals surface area contributed by atoms with Gasteiger partial charge in [0.15, 0.2) is 18.5 Å². The smallest absolute Gasteiger partial charge is 0.594 e. The van der Waals surface area contributed by atoms with Gasteiger partial charge in [-0.05, 0) is 178 Å². The number of carboxylic acids is 1. The summed E-state index contributed by atoms with van der Waals surface area (Å²) in [4.78, 5) is 113. The van der Waals surface area contributed by atoms with Crippen LogP contribution in [0.5, 0.6) is 0 Å². The number of nitrogens with zero attached hydrogens (tertiary/aromatic N) is 11. The summed E-state index contributed by atoms with van der Waals surface area (Å²) < 4.78 is 146. The summed E-state index contributed by atoms with van der Waals surface area (Å²) in [5, 5.41) is 44.1. The zero-order valence-electron chi connectivity index (χ0n) is 90.7. The Morgan fingerprint density at radius 3 is 1.06 bits per heavy atom. The number of aliphatic hydroxyl groups is 1. The third-order valence-electron chi connectivity index (χ3n) is 17.8. The molecule has 0 atom stereocenters. The van der Waals surface area contributed by atoms with Crippen molar-refractivity contribution in [2.45, 2.75) is 299 Å². The number of ether oxygens (including phenoxy) is 9. The second-order valence-corrected chi connectivity index (χ2v) is 52.6. The van der Waals surface area contributed by atoms with Gasteiger partial charge in [-0.3, -0.25) is 8.98 Å². The molecule has 0 unspecified atom stereocenters. The van der Waals surface area contributed by atoms with Crippen LogP contribution in [0.15, 0.2) is 28.9 Å². The van der Waals surface area contributed by atoms with Crippen molar-refractivity contribution in [2.75, 3.05) is 143 Å². The number of amides is 7. The Morgan fingerprint density at radius 2 is 0.816 bits per heavy atom. The Bertz CT molecular complexity index is 4680. The van der Waals surface area contributed by atoms with Crippen LogP contribution >= 0.6 is 22.3 Å². The number of pyridine rings is 1. The number of aliphatic hydroxyl groups excluding tert-OH is 1. The van der Waals surface area contributed by atoms with Gasteiger partial charge in [0.1, 0.15) is 44.6 Å². The van der Waals surface area contributed by atoms with E-state index in [1.807, 2.05) is 137 Å². The monoisotopic (exact) mass is 2140 g/mol.